The summed E-state index contributed by atoms with van der Waals surface area (Å²) in [5, 5.41) is 6.52. The lowest BCUT2D eigenvalue weighted by Crippen LogP contribution is -2.42. The first kappa shape index (κ1) is 10.3. The second-order valence-corrected chi connectivity index (χ2v) is 3.62. The van der Waals surface area contributed by atoms with Gasteiger partial charge in [-0.1, -0.05) is 0 Å². The molecular weight excluding hydrogens is 192 g/mol. The number of nitrogens with zero attached hydrogens (tertiary/aromatic N) is 2. The summed E-state index contributed by atoms with van der Waals surface area (Å²) in [6.07, 6.45) is 1.80. The number of anilines is 1. The van der Waals surface area contributed by atoms with Crippen LogP contribution in [0.3, 0.4) is 0 Å². The van der Waals surface area contributed by atoms with E-state index < -0.39 is 0 Å². The van der Waals surface area contributed by atoms with Gasteiger partial charge in [0.25, 0.3) is 0 Å². The number of nitrogens with one attached hydrogen (secondary N) is 2. The monoisotopic (exact) mass is 208 g/mol. The lowest BCUT2D eigenvalue weighted by Gasteiger charge is -2.23. The van der Waals surface area contributed by atoms with Crippen molar-refractivity contribution >= 4 is 5.82 Å². The molecule has 1 fully saturated rings. The molecule has 2 rings (SSSR count). The zero-order valence-corrected chi connectivity index (χ0v) is 8.86. The largest absolute Gasteiger partial charge is 0.374 e. The Labute approximate surface area is 89.3 Å². The number of aromatic nitrogens is 2. The zero-order valence-electron chi connectivity index (χ0n) is 8.86. The molecule has 1 aromatic rings. The van der Waals surface area contributed by atoms with Gasteiger partial charge in [-0.2, -0.15) is 0 Å². The van der Waals surface area contributed by atoms with E-state index in [4.69, 9.17) is 4.74 Å². The van der Waals surface area contributed by atoms with Crippen LogP contribution in [0.5, 0.6) is 0 Å². The molecule has 2 heterocycles. The van der Waals surface area contributed by atoms with Crippen molar-refractivity contribution in [2.45, 2.75) is 13.0 Å². The van der Waals surface area contributed by atoms with E-state index in [9.17, 15) is 0 Å². The van der Waals surface area contributed by atoms with Crippen molar-refractivity contribution in [3.63, 3.8) is 0 Å². The van der Waals surface area contributed by atoms with E-state index >= 15 is 0 Å². The Morgan fingerprint density at radius 2 is 2.53 bits per heavy atom. The Balaban J connectivity index is 1.81. The summed E-state index contributed by atoms with van der Waals surface area (Å²) in [4.78, 5) is 8.17. The van der Waals surface area contributed by atoms with Gasteiger partial charge in [0, 0.05) is 31.4 Å². The topological polar surface area (TPSA) is 59.1 Å². The molecule has 1 saturated heterocycles. The number of rotatable bonds is 3. The predicted octanol–water partition coefficient (Wildman–Crippen LogP) is 0.185. The van der Waals surface area contributed by atoms with E-state index in [0.29, 0.717) is 0 Å². The number of morpholine rings is 1. The fraction of sp³-hybridized carbons (Fsp3) is 0.600. The van der Waals surface area contributed by atoms with Crippen LogP contribution in [0.2, 0.25) is 0 Å². The molecule has 1 unspecified atom stereocenters. The highest BCUT2D eigenvalue weighted by atomic mass is 16.5. The lowest BCUT2D eigenvalue weighted by atomic mass is 10.3. The fourth-order valence-electron chi connectivity index (χ4n) is 1.52. The van der Waals surface area contributed by atoms with Crippen LogP contribution >= 0.6 is 0 Å². The van der Waals surface area contributed by atoms with Gasteiger partial charge in [-0.3, -0.25) is 0 Å². The van der Waals surface area contributed by atoms with E-state index in [1.165, 1.54) is 0 Å². The lowest BCUT2D eigenvalue weighted by molar-refractivity contribution is 0.0372. The standard InChI is InChI=1S/C10H16N4O/c1-8-4-10(14-7-13-8)12-6-9-5-11-2-3-15-9/h4,7,9,11H,2-3,5-6H2,1H3,(H,12,13,14). The van der Waals surface area contributed by atoms with Crippen LogP contribution in [0.25, 0.3) is 0 Å². The first-order valence-corrected chi connectivity index (χ1v) is 5.19. The Bertz CT molecular complexity index is 312. The van der Waals surface area contributed by atoms with Crippen LogP contribution in [0.4, 0.5) is 5.82 Å². The van der Waals surface area contributed by atoms with Gasteiger partial charge in [-0.15, -0.1) is 0 Å². The average Bonchev–Trinajstić information content (AvgIpc) is 2.28. The van der Waals surface area contributed by atoms with E-state index in [2.05, 4.69) is 20.6 Å². The minimum Gasteiger partial charge on any atom is -0.374 e. The van der Waals surface area contributed by atoms with Gasteiger partial charge in [-0.05, 0) is 6.92 Å². The molecule has 15 heavy (non-hydrogen) atoms. The van der Waals surface area contributed by atoms with Crippen LogP contribution in [-0.2, 0) is 4.74 Å². The van der Waals surface area contributed by atoms with E-state index in [1.54, 1.807) is 6.33 Å². The first-order chi connectivity index (χ1) is 7.34. The third kappa shape index (κ3) is 3.14. The van der Waals surface area contributed by atoms with Crippen LogP contribution in [0.15, 0.2) is 12.4 Å². The normalized spacial score (nSPS) is 21.3. The van der Waals surface area contributed by atoms with Gasteiger partial charge in [0.15, 0.2) is 0 Å². The maximum atomic E-state index is 5.56. The highest BCUT2D eigenvalue weighted by Crippen LogP contribution is 2.04. The van der Waals surface area contributed by atoms with Crippen molar-refractivity contribution in [1.82, 2.24) is 15.3 Å². The second-order valence-electron chi connectivity index (χ2n) is 3.62. The summed E-state index contributed by atoms with van der Waals surface area (Å²) < 4.78 is 5.56. The molecule has 82 valence electrons. The smallest absolute Gasteiger partial charge is 0.129 e. The second kappa shape index (κ2) is 5.04. The summed E-state index contributed by atoms with van der Waals surface area (Å²) in [6, 6.07) is 1.93. The van der Waals surface area contributed by atoms with Crippen molar-refractivity contribution in [1.29, 1.82) is 0 Å². The molecule has 1 aliphatic rings. The molecule has 5 nitrogen and oxygen atoms in total. The molecule has 0 radical (unpaired) electrons. The highest BCUT2D eigenvalue weighted by molar-refractivity contribution is 5.34. The number of aryl methyl sites for hydroxylation is 1. The van der Waals surface area contributed by atoms with Gasteiger partial charge >= 0.3 is 0 Å². The predicted molar refractivity (Wildman–Crippen MR) is 57.9 cm³/mol. The maximum absolute atomic E-state index is 5.56. The van der Waals surface area contributed by atoms with Gasteiger partial charge in [0.1, 0.15) is 12.1 Å². The molecule has 1 aliphatic heterocycles. The van der Waals surface area contributed by atoms with Crippen molar-refractivity contribution in [3.8, 4) is 0 Å². The number of hydrogen-bond donors (Lipinski definition) is 2. The quantitative estimate of drug-likeness (QED) is 0.742. The molecule has 0 spiro atoms. The van der Waals surface area contributed by atoms with Gasteiger partial charge in [0.2, 0.25) is 0 Å². The molecule has 0 bridgehead atoms. The molecule has 1 aromatic heterocycles. The zero-order chi connectivity index (χ0) is 10.5. The highest BCUT2D eigenvalue weighted by Gasteiger charge is 2.12. The van der Waals surface area contributed by atoms with Crippen LogP contribution in [-0.4, -0.2) is 42.3 Å². The van der Waals surface area contributed by atoms with Crippen molar-refractivity contribution in [2.24, 2.45) is 0 Å². The summed E-state index contributed by atoms with van der Waals surface area (Å²) in [7, 11) is 0. The third-order valence-corrected chi connectivity index (χ3v) is 2.32. The summed E-state index contributed by atoms with van der Waals surface area (Å²) in [5.41, 5.74) is 0.968. The molecule has 0 saturated carbocycles. The Morgan fingerprint density at radius 3 is 3.27 bits per heavy atom. The van der Waals surface area contributed by atoms with Gasteiger partial charge in [0.05, 0.1) is 12.7 Å². The number of ether oxygens (including phenoxy) is 1. The molecule has 5 heteroatoms. The van der Waals surface area contributed by atoms with Crippen LogP contribution < -0.4 is 10.6 Å². The Kier molecular flexibility index (Phi) is 3.47. The van der Waals surface area contributed by atoms with E-state index in [1.807, 2.05) is 13.0 Å². The fourth-order valence-corrected chi connectivity index (χ4v) is 1.52. The summed E-state index contributed by atoms with van der Waals surface area (Å²) in [5.74, 6) is 0.858. The summed E-state index contributed by atoms with van der Waals surface area (Å²) >= 11 is 0. The van der Waals surface area contributed by atoms with Crippen molar-refractivity contribution in [3.05, 3.63) is 18.1 Å². The average molecular weight is 208 g/mol. The molecular formula is C10H16N4O. The molecule has 2 N–H and O–H groups in total. The Morgan fingerprint density at radius 1 is 1.60 bits per heavy atom. The van der Waals surface area contributed by atoms with E-state index in [0.717, 1.165) is 37.8 Å². The minimum atomic E-state index is 0.231. The maximum Gasteiger partial charge on any atom is 0.129 e. The molecule has 0 aliphatic carbocycles. The Hall–Kier alpha value is -1.20. The van der Waals surface area contributed by atoms with Crippen LogP contribution in [0.1, 0.15) is 5.69 Å². The molecule has 1 atom stereocenters. The van der Waals surface area contributed by atoms with Crippen molar-refractivity contribution < 1.29 is 4.74 Å². The van der Waals surface area contributed by atoms with Crippen molar-refractivity contribution in [2.75, 3.05) is 31.6 Å². The number of hydrogen-bond acceptors (Lipinski definition) is 5. The molecule has 0 amide bonds. The van der Waals surface area contributed by atoms with Crippen LogP contribution in [0, 0.1) is 6.92 Å². The van der Waals surface area contributed by atoms with Gasteiger partial charge in [-0.25, -0.2) is 9.97 Å². The third-order valence-electron chi connectivity index (χ3n) is 2.32. The van der Waals surface area contributed by atoms with Gasteiger partial charge < -0.3 is 15.4 Å². The first-order valence-electron chi connectivity index (χ1n) is 5.19. The summed E-state index contributed by atoms with van der Waals surface area (Å²) in [6.45, 7) is 5.37. The van der Waals surface area contributed by atoms with E-state index in [-0.39, 0.29) is 6.10 Å². The molecule has 0 aromatic carbocycles. The SMILES string of the molecule is Cc1cc(NCC2CNCCO2)ncn1. The minimum absolute atomic E-state index is 0.231.